The number of carbonyl (C=O) groups is 1. The molecule has 1 atom stereocenters. The summed E-state index contributed by atoms with van der Waals surface area (Å²) in [5.41, 5.74) is 0.623. The smallest absolute Gasteiger partial charge is 0.312 e. The van der Waals surface area contributed by atoms with Crippen LogP contribution in [0.25, 0.3) is 0 Å². The normalized spacial score (nSPS) is 13.6. The van der Waals surface area contributed by atoms with Crippen molar-refractivity contribution in [1.82, 2.24) is 0 Å². The molecule has 0 radical (unpaired) electrons. The number of hydrogen-bond donors (Lipinski definition) is 0. The minimum atomic E-state index is -0.445. The van der Waals surface area contributed by atoms with E-state index in [-0.39, 0.29) is 5.97 Å². The van der Waals surface area contributed by atoms with E-state index in [4.69, 9.17) is 9.47 Å². The summed E-state index contributed by atoms with van der Waals surface area (Å²) in [5, 5.41) is 0. The lowest BCUT2D eigenvalue weighted by atomic mass is 9.75. The summed E-state index contributed by atoms with van der Waals surface area (Å²) in [6.07, 6.45) is 3.24. The number of para-hydroxylation sites is 1. The Kier molecular flexibility index (Phi) is 6.56. The van der Waals surface area contributed by atoms with Crippen LogP contribution in [0, 0.1) is 5.41 Å². The van der Waals surface area contributed by atoms with Gasteiger partial charge in [0.05, 0.1) is 19.1 Å². The zero-order valence-electron chi connectivity index (χ0n) is 13.1. The number of carbonyl (C=O) groups excluding carboxylic acids is 1. The van der Waals surface area contributed by atoms with Gasteiger partial charge in [-0.05, 0) is 37.8 Å². The quantitative estimate of drug-likeness (QED) is 0.674. The fourth-order valence-corrected chi connectivity index (χ4v) is 2.69. The first-order valence-electron chi connectivity index (χ1n) is 7.42. The van der Waals surface area contributed by atoms with Gasteiger partial charge in [0.1, 0.15) is 5.75 Å². The van der Waals surface area contributed by atoms with Crippen molar-refractivity contribution in [2.75, 3.05) is 13.7 Å². The van der Waals surface area contributed by atoms with Crippen LogP contribution in [0.15, 0.2) is 24.3 Å². The third kappa shape index (κ3) is 3.75. The van der Waals surface area contributed by atoms with E-state index < -0.39 is 5.41 Å². The van der Waals surface area contributed by atoms with Gasteiger partial charge in [0, 0.05) is 0 Å². The van der Waals surface area contributed by atoms with Crippen LogP contribution in [-0.4, -0.2) is 19.7 Å². The van der Waals surface area contributed by atoms with Crippen molar-refractivity contribution in [1.29, 1.82) is 0 Å². The molecule has 20 heavy (non-hydrogen) atoms. The van der Waals surface area contributed by atoms with Gasteiger partial charge in [-0.3, -0.25) is 4.79 Å². The van der Waals surface area contributed by atoms with E-state index in [1.807, 2.05) is 31.2 Å². The van der Waals surface area contributed by atoms with E-state index in [2.05, 4.69) is 13.8 Å². The second-order valence-corrected chi connectivity index (χ2v) is 5.09. The minimum absolute atomic E-state index is 0.0877. The molecule has 0 aliphatic carbocycles. The van der Waals surface area contributed by atoms with Gasteiger partial charge < -0.3 is 9.47 Å². The summed E-state index contributed by atoms with van der Waals surface area (Å²) < 4.78 is 10.7. The maximum atomic E-state index is 12.4. The van der Waals surface area contributed by atoms with Crippen molar-refractivity contribution in [2.45, 2.75) is 46.5 Å². The maximum Gasteiger partial charge on any atom is 0.312 e. The number of benzene rings is 1. The molecular weight excluding hydrogens is 252 g/mol. The second-order valence-electron chi connectivity index (χ2n) is 5.09. The van der Waals surface area contributed by atoms with Crippen LogP contribution >= 0.6 is 0 Å². The number of methoxy groups -OCH3 is 1. The van der Waals surface area contributed by atoms with Crippen molar-refractivity contribution in [3.63, 3.8) is 0 Å². The van der Waals surface area contributed by atoms with Crippen molar-refractivity contribution >= 4 is 5.97 Å². The van der Waals surface area contributed by atoms with Gasteiger partial charge in [0.2, 0.25) is 0 Å². The average molecular weight is 278 g/mol. The van der Waals surface area contributed by atoms with E-state index in [1.165, 1.54) is 0 Å². The molecule has 0 bridgehead atoms. The predicted molar refractivity (Wildman–Crippen MR) is 81.0 cm³/mol. The molecule has 0 aliphatic rings. The highest BCUT2D eigenvalue weighted by atomic mass is 16.5. The van der Waals surface area contributed by atoms with Gasteiger partial charge in [-0.25, -0.2) is 0 Å². The molecule has 0 fully saturated rings. The van der Waals surface area contributed by atoms with E-state index in [0.29, 0.717) is 13.0 Å². The van der Waals surface area contributed by atoms with Gasteiger partial charge >= 0.3 is 5.97 Å². The summed E-state index contributed by atoms with van der Waals surface area (Å²) in [7, 11) is 1.66. The number of hydrogen-bond acceptors (Lipinski definition) is 3. The van der Waals surface area contributed by atoms with Crippen LogP contribution in [0.2, 0.25) is 0 Å². The largest absolute Gasteiger partial charge is 0.496 e. The molecular formula is C17H26O3. The Balaban J connectivity index is 3.08. The Hall–Kier alpha value is -1.51. The third-order valence-corrected chi connectivity index (χ3v) is 3.84. The van der Waals surface area contributed by atoms with Crippen molar-refractivity contribution < 1.29 is 14.3 Å². The van der Waals surface area contributed by atoms with Gasteiger partial charge in [0.15, 0.2) is 0 Å². The highest BCUT2D eigenvalue weighted by Gasteiger charge is 2.38. The first-order chi connectivity index (χ1) is 9.63. The van der Waals surface area contributed by atoms with E-state index in [1.54, 1.807) is 7.11 Å². The van der Waals surface area contributed by atoms with Gasteiger partial charge in [0.25, 0.3) is 0 Å². The second kappa shape index (κ2) is 7.93. The molecule has 1 aromatic rings. The molecule has 1 rings (SSSR count). The Morgan fingerprint density at radius 3 is 2.45 bits per heavy atom. The molecule has 3 heteroatoms. The van der Waals surface area contributed by atoms with Crippen LogP contribution in [0.4, 0.5) is 0 Å². The summed E-state index contributed by atoms with van der Waals surface area (Å²) >= 11 is 0. The van der Waals surface area contributed by atoms with Crippen molar-refractivity contribution in [3.8, 4) is 5.75 Å². The molecule has 0 amide bonds. The number of ether oxygens (including phenoxy) is 2. The Labute approximate surface area is 122 Å². The molecule has 112 valence electrons. The lowest BCUT2D eigenvalue weighted by Crippen LogP contribution is -2.35. The summed E-state index contributed by atoms with van der Waals surface area (Å²) in [4.78, 5) is 12.4. The van der Waals surface area contributed by atoms with E-state index in [0.717, 1.165) is 30.6 Å². The van der Waals surface area contributed by atoms with Gasteiger partial charge in [-0.2, -0.15) is 0 Å². The van der Waals surface area contributed by atoms with Crippen LogP contribution in [0.5, 0.6) is 5.75 Å². The first-order valence-corrected chi connectivity index (χ1v) is 7.42. The fourth-order valence-electron chi connectivity index (χ4n) is 2.69. The number of rotatable bonds is 8. The average Bonchev–Trinajstić information content (AvgIpc) is 2.47. The van der Waals surface area contributed by atoms with Gasteiger partial charge in [-0.1, -0.05) is 38.5 Å². The highest BCUT2D eigenvalue weighted by molar-refractivity contribution is 5.77. The lowest BCUT2D eigenvalue weighted by Gasteiger charge is -2.30. The standard InChI is InChI=1S/C17H26O3/c1-5-12-17(6-2,16(18)20-7-3)13-14-10-8-9-11-15(14)19-4/h8-11H,5-7,12-13H2,1-4H3. The Morgan fingerprint density at radius 1 is 1.20 bits per heavy atom. The summed E-state index contributed by atoms with van der Waals surface area (Å²) in [6.45, 7) is 6.44. The fraction of sp³-hybridized carbons (Fsp3) is 0.588. The lowest BCUT2D eigenvalue weighted by molar-refractivity contribution is -0.156. The van der Waals surface area contributed by atoms with Crippen molar-refractivity contribution in [2.24, 2.45) is 5.41 Å². The first kappa shape index (κ1) is 16.5. The number of esters is 1. The molecule has 0 heterocycles. The molecule has 1 unspecified atom stereocenters. The molecule has 1 aromatic carbocycles. The van der Waals surface area contributed by atoms with Crippen molar-refractivity contribution in [3.05, 3.63) is 29.8 Å². The minimum Gasteiger partial charge on any atom is -0.496 e. The molecule has 0 saturated heterocycles. The third-order valence-electron chi connectivity index (χ3n) is 3.84. The van der Waals surface area contributed by atoms with Crippen LogP contribution in [0.1, 0.15) is 45.6 Å². The molecule has 0 N–H and O–H groups in total. The predicted octanol–water partition coefficient (Wildman–Crippen LogP) is 4.00. The Bertz CT molecular complexity index is 428. The zero-order chi connectivity index (χ0) is 15.0. The molecule has 0 aromatic heterocycles. The maximum absolute atomic E-state index is 12.4. The summed E-state index contributed by atoms with van der Waals surface area (Å²) in [6, 6.07) is 7.89. The molecule has 0 spiro atoms. The van der Waals surface area contributed by atoms with E-state index >= 15 is 0 Å². The zero-order valence-corrected chi connectivity index (χ0v) is 13.1. The summed E-state index contributed by atoms with van der Waals surface area (Å²) in [5.74, 6) is 0.751. The Morgan fingerprint density at radius 2 is 1.90 bits per heavy atom. The molecule has 0 aliphatic heterocycles. The van der Waals surface area contributed by atoms with Crippen LogP contribution in [0.3, 0.4) is 0 Å². The molecule has 3 nitrogen and oxygen atoms in total. The van der Waals surface area contributed by atoms with Crippen LogP contribution in [-0.2, 0) is 16.0 Å². The van der Waals surface area contributed by atoms with E-state index in [9.17, 15) is 4.79 Å². The SMILES string of the molecule is CCCC(CC)(Cc1ccccc1OC)C(=O)OCC. The monoisotopic (exact) mass is 278 g/mol. The topological polar surface area (TPSA) is 35.5 Å². The van der Waals surface area contributed by atoms with Gasteiger partial charge in [-0.15, -0.1) is 0 Å². The molecule has 0 saturated carbocycles. The van der Waals surface area contributed by atoms with Crippen LogP contribution < -0.4 is 4.74 Å². The highest BCUT2D eigenvalue weighted by Crippen LogP contribution is 2.36.